The zero-order valence-corrected chi connectivity index (χ0v) is 14.6. The van der Waals surface area contributed by atoms with Crippen LogP contribution in [0.3, 0.4) is 0 Å². The average molecular weight is 333 g/mol. The van der Waals surface area contributed by atoms with Crippen LogP contribution in [0.15, 0.2) is 59.5 Å². The van der Waals surface area contributed by atoms with Crippen LogP contribution >= 0.6 is 0 Å². The third-order valence-corrected chi connectivity index (χ3v) is 5.12. The van der Waals surface area contributed by atoms with Crippen molar-refractivity contribution in [2.45, 2.75) is 37.6 Å². The molecule has 5 heteroatoms. The lowest BCUT2D eigenvalue weighted by Gasteiger charge is -2.23. The zero-order chi connectivity index (χ0) is 16.9. The molecule has 4 nitrogen and oxygen atoms in total. The molecule has 0 aliphatic rings. The number of aryl methyl sites for hydroxylation is 2. The third kappa shape index (κ3) is 5.16. The van der Waals surface area contributed by atoms with Crippen molar-refractivity contribution < 1.29 is 12.7 Å². The molecule has 0 spiro atoms. The molecule has 0 aliphatic carbocycles. The van der Waals surface area contributed by atoms with E-state index in [1.165, 1.54) is 10.6 Å². The molecule has 0 fully saturated rings. The summed E-state index contributed by atoms with van der Waals surface area (Å²) >= 11 is 0. The minimum Gasteiger partial charge on any atom is -0.192 e. The first-order chi connectivity index (χ1) is 10.9. The van der Waals surface area contributed by atoms with Crippen LogP contribution in [0.2, 0.25) is 0 Å². The van der Waals surface area contributed by atoms with Gasteiger partial charge >= 0.3 is 10.1 Å². The first kappa shape index (κ1) is 17.7. The van der Waals surface area contributed by atoms with E-state index in [-0.39, 0.29) is 10.9 Å². The number of nitrogens with zero attached hydrogens (tertiary/aromatic N) is 1. The van der Waals surface area contributed by atoms with Gasteiger partial charge in [0.1, 0.15) is 0 Å². The van der Waals surface area contributed by atoms with E-state index >= 15 is 0 Å². The Morgan fingerprint density at radius 1 is 1.04 bits per heavy atom. The van der Waals surface area contributed by atoms with Crippen molar-refractivity contribution in [2.24, 2.45) is 0 Å². The summed E-state index contributed by atoms with van der Waals surface area (Å²) < 4.78 is 29.8. The average Bonchev–Trinajstić information content (AvgIpc) is 2.53. The second kappa shape index (κ2) is 7.73. The highest BCUT2D eigenvalue weighted by Crippen LogP contribution is 2.17. The van der Waals surface area contributed by atoms with Crippen molar-refractivity contribution in [3.05, 3.63) is 65.7 Å². The lowest BCUT2D eigenvalue weighted by molar-refractivity contribution is -0.0603. The zero-order valence-electron chi connectivity index (χ0n) is 13.8. The van der Waals surface area contributed by atoms with Crippen LogP contribution in [0.5, 0.6) is 0 Å². The van der Waals surface area contributed by atoms with Gasteiger partial charge in [-0.3, -0.25) is 0 Å². The molecule has 0 heterocycles. The smallest absolute Gasteiger partial charge is 0.192 e. The van der Waals surface area contributed by atoms with Crippen LogP contribution in [0.4, 0.5) is 0 Å². The Kier molecular flexibility index (Phi) is 5.93. The van der Waals surface area contributed by atoms with Gasteiger partial charge in [-0.2, -0.15) is 17.8 Å². The molecule has 1 atom stereocenters. The Bertz CT molecular complexity index is 712. The predicted octanol–water partition coefficient (Wildman–Crippen LogP) is 3.57. The minimum atomic E-state index is -3.78. The highest BCUT2D eigenvalue weighted by molar-refractivity contribution is 7.86. The van der Waals surface area contributed by atoms with Crippen molar-refractivity contribution in [2.75, 3.05) is 7.05 Å². The van der Waals surface area contributed by atoms with Crippen LogP contribution in [-0.2, 0) is 20.8 Å². The second-order valence-electron chi connectivity index (χ2n) is 5.76. The lowest BCUT2D eigenvalue weighted by Crippen LogP contribution is -2.32. The standard InChI is InChI=1S/C18H23NO3S/c1-15-9-13-18(14-10-15)23(20,21)22-19(3)16(2)11-12-17-7-5-4-6-8-17/h4-10,13-14,16H,11-12H2,1-3H3/t16-/m0/s1. The van der Waals surface area contributed by atoms with Crippen LogP contribution in [0, 0.1) is 6.92 Å². The van der Waals surface area contributed by atoms with Crippen LogP contribution in [0.25, 0.3) is 0 Å². The number of hydrogen-bond donors (Lipinski definition) is 0. The highest BCUT2D eigenvalue weighted by atomic mass is 32.2. The Hall–Kier alpha value is -1.69. The van der Waals surface area contributed by atoms with Crippen molar-refractivity contribution in [1.29, 1.82) is 0 Å². The van der Waals surface area contributed by atoms with E-state index < -0.39 is 10.1 Å². The molecule has 0 amide bonds. The predicted molar refractivity (Wildman–Crippen MR) is 91.4 cm³/mol. The molecule has 0 aliphatic heterocycles. The quantitative estimate of drug-likeness (QED) is 0.727. The topological polar surface area (TPSA) is 46.6 Å². The van der Waals surface area contributed by atoms with E-state index in [1.54, 1.807) is 31.3 Å². The molecule has 0 saturated carbocycles. The van der Waals surface area contributed by atoms with Gasteiger partial charge in [-0.15, -0.1) is 0 Å². The normalized spacial score (nSPS) is 13.2. The van der Waals surface area contributed by atoms with Crippen molar-refractivity contribution in [1.82, 2.24) is 5.06 Å². The highest BCUT2D eigenvalue weighted by Gasteiger charge is 2.21. The molecule has 2 aromatic rings. The van der Waals surface area contributed by atoms with Gasteiger partial charge < -0.3 is 0 Å². The fourth-order valence-electron chi connectivity index (χ4n) is 2.18. The van der Waals surface area contributed by atoms with E-state index in [0.717, 1.165) is 18.4 Å². The van der Waals surface area contributed by atoms with Gasteiger partial charge in [0.2, 0.25) is 0 Å². The van der Waals surface area contributed by atoms with E-state index in [2.05, 4.69) is 12.1 Å². The van der Waals surface area contributed by atoms with Gasteiger partial charge in [0, 0.05) is 13.1 Å². The van der Waals surface area contributed by atoms with Crippen molar-refractivity contribution in [3.63, 3.8) is 0 Å². The lowest BCUT2D eigenvalue weighted by atomic mass is 10.1. The van der Waals surface area contributed by atoms with E-state index in [9.17, 15) is 8.42 Å². The van der Waals surface area contributed by atoms with Crippen LogP contribution in [-0.4, -0.2) is 26.6 Å². The number of benzene rings is 2. The van der Waals surface area contributed by atoms with Gasteiger partial charge in [0.25, 0.3) is 0 Å². The maximum atomic E-state index is 12.3. The molecule has 124 valence electrons. The molecule has 0 radical (unpaired) electrons. The SMILES string of the molecule is Cc1ccc(S(=O)(=O)ON(C)[C@@H](C)CCc2ccccc2)cc1. The summed E-state index contributed by atoms with van der Waals surface area (Å²) in [5.74, 6) is 0. The molecular weight excluding hydrogens is 310 g/mol. The van der Waals surface area contributed by atoms with Gasteiger partial charge in [-0.25, -0.2) is 0 Å². The Balaban J connectivity index is 1.94. The van der Waals surface area contributed by atoms with Crippen LogP contribution < -0.4 is 0 Å². The molecular formula is C18H23NO3S. The summed E-state index contributed by atoms with van der Waals surface area (Å²) in [4.78, 5) is 0.171. The second-order valence-corrected chi connectivity index (χ2v) is 7.29. The molecule has 23 heavy (non-hydrogen) atoms. The first-order valence-electron chi connectivity index (χ1n) is 7.66. The summed E-state index contributed by atoms with van der Waals surface area (Å²) in [6, 6.07) is 16.7. The van der Waals surface area contributed by atoms with E-state index in [0.29, 0.717) is 0 Å². The van der Waals surface area contributed by atoms with Gasteiger partial charge in [0.15, 0.2) is 0 Å². The minimum absolute atomic E-state index is 0.0181. The summed E-state index contributed by atoms with van der Waals surface area (Å²) in [6.07, 6.45) is 1.68. The molecule has 2 aromatic carbocycles. The summed E-state index contributed by atoms with van der Waals surface area (Å²) in [7, 11) is -2.12. The maximum Gasteiger partial charge on any atom is 0.313 e. The molecule has 0 unspecified atom stereocenters. The van der Waals surface area contributed by atoms with Crippen molar-refractivity contribution in [3.8, 4) is 0 Å². The molecule has 0 saturated heterocycles. The largest absolute Gasteiger partial charge is 0.313 e. The fourth-order valence-corrected chi connectivity index (χ4v) is 3.19. The van der Waals surface area contributed by atoms with Crippen LogP contribution in [0.1, 0.15) is 24.5 Å². The molecule has 0 aromatic heterocycles. The van der Waals surface area contributed by atoms with Gasteiger partial charge in [-0.1, -0.05) is 48.0 Å². The Labute approximate surface area is 138 Å². The van der Waals surface area contributed by atoms with E-state index in [1.807, 2.05) is 32.0 Å². The Morgan fingerprint density at radius 3 is 2.26 bits per heavy atom. The monoisotopic (exact) mass is 333 g/mol. The molecule has 0 N–H and O–H groups in total. The molecule has 2 rings (SSSR count). The van der Waals surface area contributed by atoms with E-state index in [4.69, 9.17) is 4.28 Å². The van der Waals surface area contributed by atoms with Gasteiger partial charge in [-0.05, 0) is 44.4 Å². The summed E-state index contributed by atoms with van der Waals surface area (Å²) in [6.45, 7) is 3.86. The third-order valence-electron chi connectivity index (χ3n) is 3.84. The molecule has 0 bridgehead atoms. The summed E-state index contributed by atoms with van der Waals surface area (Å²) in [5, 5.41) is 1.41. The number of hydroxylamine groups is 2. The number of hydrogen-bond acceptors (Lipinski definition) is 4. The van der Waals surface area contributed by atoms with Gasteiger partial charge in [0.05, 0.1) is 4.90 Å². The maximum absolute atomic E-state index is 12.3. The van der Waals surface area contributed by atoms with Crippen molar-refractivity contribution >= 4 is 10.1 Å². The summed E-state index contributed by atoms with van der Waals surface area (Å²) in [5.41, 5.74) is 2.24. The number of rotatable bonds is 7. The Morgan fingerprint density at radius 2 is 1.65 bits per heavy atom. The first-order valence-corrected chi connectivity index (χ1v) is 9.07. The fraction of sp³-hybridized carbons (Fsp3) is 0.333.